The first-order chi connectivity index (χ1) is 8.80. The third-order valence-electron chi connectivity index (χ3n) is 2.58. The summed E-state index contributed by atoms with van der Waals surface area (Å²) in [4.78, 5) is 3.84. The van der Waals surface area contributed by atoms with Crippen LogP contribution in [-0.4, -0.2) is 4.98 Å². The molecule has 1 aromatic carbocycles. The Balaban J connectivity index is 2.56. The Hall–Kier alpha value is -2.31. The number of alkyl halides is 3. The minimum absolute atomic E-state index is 0.0197. The molecule has 100 valence electrons. The second kappa shape index (κ2) is 4.42. The fourth-order valence-corrected chi connectivity index (χ4v) is 1.59. The van der Waals surface area contributed by atoms with Gasteiger partial charge in [0.25, 0.3) is 0 Å². The zero-order valence-electron chi connectivity index (χ0n) is 9.50. The van der Waals surface area contributed by atoms with Crippen LogP contribution in [0.15, 0.2) is 30.5 Å². The lowest BCUT2D eigenvalue weighted by Gasteiger charge is -2.11. The number of halogens is 4. The highest BCUT2D eigenvalue weighted by Gasteiger charge is 2.31. The Morgan fingerprint density at radius 3 is 2.32 bits per heavy atom. The fraction of sp³-hybridized carbons (Fsp3) is 0.0833. The summed E-state index contributed by atoms with van der Waals surface area (Å²) in [6, 6.07) is 3.57. The van der Waals surface area contributed by atoms with Gasteiger partial charge in [0.05, 0.1) is 22.6 Å². The minimum Gasteiger partial charge on any atom is -0.397 e. The molecular formula is C12H9F4N3. The summed E-state index contributed by atoms with van der Waals surface area (Å²) < 4.78 is 51.0. The van der Waals surface area contributed by atoms with Crippen LogP contribution in [0.2, 0.25) is 0 Å². The quantitative estimate of drug-likeness (QED) is 0.783. The normalized spacial score (nSPS) is 11.6. The van der Waals surface area contributed by atoms with E-state index in [-0.39, 0.29) is 22.6 Å². The summed E-state index contributed by atoms with van der Waals surface area (Å²) in [5.41, 5.74) is 10.2. The van der Waals surface area contributed by atoms with Gasteiger partial charge in [-0.1, -0.05) is 0 Å². The Morgan fingerprint density at radius 1 is 1.05 bits per heavy atom. The molecule has 0 aliphatic rings. The van der Waals surface area contributed by atoms with Crippen LogP contribution in [0.5, 0.6) is 0 Å². The molecule has 0 saturated carbocycles. The van der Waals surface area contributed by atoms with Gasteiger partial charge in [-0.25, -0.2) is 4.39 Å². The molecule has 0 amide bonds. The van der Waals surface area contributed by atoms with E-state index in [0.29, 0.717) is 6.07 Å². The van der Waals surface area contributed by atoms with Crippen LogP contribution in [0.1, 0.15) is 5.56 Å². The molecule has 0 bridgehead atoms. The van der Waals surface area contributed by atoms with Crippen LogP contribution in [0.4, 0.5) is 28.9 Å². The molecule has 0 saturated heterocycles. The number of rotatable bonds is 1. The molecule has 0 spiro atoms. The maximum absolute atomic E-state index is 13.7. The van der Waals surface area contributed by atoms with Crippen molar-refractivity contribution in [2.24, 2.45) is 0 Å². The summed E-state index contributed by atoms with van der Waals surface area (Å²) in [5.74, 6) is -1.06. The first-order valence-corrected chi connectivity index (χ1v) is 5.18. The highest BCUT2D eigenvalue weighted by Crippen LogP contribution is 2.34. The van der Waals surface area contributed by atoms with Gasteiger partial charge < -0.3 is 11.5 Å². The SMILES string of the molecule is Nc1ccnc(-c2ccc(C(F)(F)F)cc2F)c1N. The third kappa shape index (κ3) is 2.44. The van der Waals surface area contributed by atoms with E-state index in [0.717, 1.165) is 12.1 Å². The molecule has 1 aromatic heterocycles. The van der Waals surface area contributed by atoms with Crippen molar-refractivity contribution >= 4 is 11.4 Å². The number of hydrogen-bond donors (Lipinski definition) is 2. The number of nitrogens with two attached hydrogens (primary N) is 2. The van der Waals surface area contributed by atoms with Crippen molar-refractivity contribution in [2.45, 2.75) is 6.18 Å². The maximum Gasteiger partial charge on any atom is 0.416 e. The van der Waals surface area contributed by atoms with E-state index in [1.807, 2.05) is 0 Å². The highest BCUT2D eigenvalue weighted by atomic mass is 19.4. The number of nitrogen functional groups attached to an aromatic ring is 2. The van der Waals surface area contributed by atoms with E-state index in [9.17, 15) is 17.6 Å². The van der Waals surface area contributed by atoms with Crippen LogP contribution in [0.25, 0.3) is 11.3 Å². The first kappa shape index (κ1) is 13.1. The van der Waals surface area contributed by atoms with E-state index in [2.05, 4.69) is 4.98 Å². The van der Waals surface area contributed by atoms with Crippen molar-refractivity contribution < 1.29 is 17.6 Å². The molecular weight excluding hydrogens is 262 g/mol. The van der Waals surface area contributed by atoms with Gasteiger partial charge in [-0.2, -0.15) is 13.2 Å². The highest BCUT2D eigenvalue weighted by molar-refractivity contribution is 5.81. The van der Waals surface area contributed by atoms with Crippen LogP contribution in [0, 0.1) is 5.82 Å². The van der Waals surface area contributed by atoms with Gasteiger partial charge in [0, 0.05) is 11.8 Å². The van der Waals surface area contributed by atoms with Gasteiger partial charge in [0.2, 0.25) is 0 Å². The van der Waals surface area contributed by atoms with Gasteiger partial charge >= 0.3 is 6.18 Å². The monoisotopic (exact) mass is 271 g/mol. The van der Waals surface area contributed by atoms with Crippen molar-refractivity contribution in [3.63, 3.8) is 0 Å². The predicted octanol–water partition coefficient (Wildman–Crippen LogP) is 3.07. The summed E-state index contributed by atoms with van der Waals surface area (Å²) in [6.45, 7) is 0. The molecule has 0 aliphatic heterocycles. The smallest absolute Gasteiger partial charge is 0.397 e. The number of aromatic nitrogens is 1. The Labute approximate surface area is 105 Å². The largest absolute Gasteiger partial charge is 0.416 e. The van der Waals surface area contributed by atoms with E-state index < -0.39 is 17.6 Å². The number of benzene rings is 1. The Bertz CT molecular complexity index is 623. The van der Waals surface area contributed by atoms with Gasteiger partial charge in [-0.3, -0.25) is 4.98 Å². The first-order valence-electron chi connectivity index (χ1n) is 5.18. The van der Waals surface area contributed by atoms with Crippen molar-refractivity contribution in [1.29, 1.82) is 0 Å². The van der Waals surface area contributed by atoms with Gasteiger partial charge in [0.15, 0.2) is 0 Å². The van der Waals surface area contributed by atoms with Gasteiger partial charge in [-0.15, -0.1) is 0 Å². The van der Waals surface area contributed by atoms with Crippen LogP contribution in [0.3, 0.4) is 0 Å². The molecule has 0 atom stereocenters. The molecule has 0 radical (unpaired) electrons. The standard InChI is InChI=1S/C12H9F4N3/c13-8-5-6(12(14,15)16)1-2-7(8)11-10(18)9(17)3-4-19-11/h1-5H,18H2,(H2,17,19). The second-order valence-electron chi connectivity index (χ2n) is 3.85. The maximum atomic E-state index is 13.7. The average molecular weight is 271 g/mol. The van der Waals surface area contributed by atoms with Crippen molar-refractivity contribution in [3.8, 4) is 11.3 Å². The number of hydrogen-bond acceptors (Lipinski definition) is 3. The van der Waals surface area contributed by atoms with Crippen molar-refractivity contribution in [3.05, 3.63) is 41.8 Å². The molecule has 4 N–H and O–H groups in total. The lowest BCUT2D eigenvalue weighted by atomic mass is 10.1. The number of pyridine rings is 1. The fourth-order valence-electron chi connectivity index (χ4n) is 1.59. The Kier molecular flexibility index (Phi) is 3.05. The van der Waals surface area contributed by atoms with E-state index in [1.165, 1.54) is 12.3 Å². The molecule has 1 heterocycles. The Morgan fingerprint density at radius 2 is 1.74 bits per heavy atom. The summed E-state index contributed by atoms with van der Waals surface area (Å²) in [7, 11) is 0. The molecule has 0 aliphatic carbocycles. The molecule has 7 heteroatoms. The zero-order chi connectivity index (χ0) is 14.2. The molecule has 0 fully saturated rings. The molecule has 19 heavy (non-hydrogen) atoms. The molecule has 2 rings (SSSR count). The van der Waals surface area contributed by atoms with Crippen LogP contribution in [-0.2, 0) is 6.18 Å². The van der Waals surface area contributed by atoms with Crippen LogP contribution < -0.4 is 11.5 Å². The van der Waals surface area contributed by atoms with Crippen molar-refractivity contribution in [1.82, 2.24) is 4.98 Å². The minimum atomic E-state index is -4.60. The van der Waals surface area contributed by atoms with Crippen molar-refractivity contribution in [2.75, 3.05) is 11.5 Å². The van der Waals surface area contributed by atoms with Crippen LogP contribution >= 0.6 is 0 Å². The topological polar surface area (TPSA) is 64.9 Å². The lowest BCUT2D eigenvalue weighted by molar-refractivity contribution is -0.137. The molecule has 0 unspecified atom stereocenters. The summed E-state index contributed by atoms with van der Waals surface area (Å²) in [6.07, 6.45) is -3.30. The third-order valence-corrected chi connectivity index (χ3v) is 2.58. The zero-order valence-corrected chi connectivity index (χ0v) is 9.50. The van der Waals surface area contributed by atoms with Gasteiger partial charge in [-0.05, 0) is 24.3 Å². The van der Waals surface area contributed by atoms with E-state index >= 15 is 0 Å². The van der Waals surface area contributed by atoms with E-state index in [1.54, 1.807) is 0 Å². The molecule has 3 nitrogen and oxygen atoms in total. The molecule has 2 aromatic rings. The van der Waals surface area contributed by atoms with Gasteiger partial charge in [0.1, 0.15) is 5.82 Å². The lowest BCUT2D eigenvalue weighted by Crippen LogP contribution is -2.06. The summed E-state index contributed by atoms with van der Waals surface area (Å²) in [5, 5.41) is 0. The second-order valence-corrected chi connectivity index (χ2v) is 3.85. The number of anilines is 2. The number of nitrogens with zero attached hydrogens (tertiary/aromatic N) is 1. The summed E-state index contributed by atoms with van der Waals surface area (Å²) >= 11 is 0. The average Bonchev–Trinajstić information content (AvgIpc) is 2.32. The predicted molar refractivity (Wildman–Crippen MR) is 63.5 cm³/mol. The van der Waals surface area contributed by atoms with E-state index in [4.69, 9.17) is 11.5 Å².